The van der Waals surface area contributed by atoms with Gasteiger partial charge in [-0.15, -0.1) is 0 Å². The van der Waals surface area contributed by atoms with Gasteiger partial charge in [0, 0.05) is 18.9 Å². The van der Waals surface area contributed by atoms with Crippen molar-refractivity contribution in [1.29, 1.82) is 0 Å². The van der Waals surface area contributed by atoms with Crippen LogP contribution in [0.25, 0.3) is 11.0 Å². The highest BCUT2D eigenvalue weighted by Gasteiger charge is 2.35. The second-order valence-electron chi connectivity index (χ2n) is 9.19. The number of hydrogen-bond donors (Lipinski definition) is 0. The molecular weight excluding hydrogens is 441 g/mol. The lowest BCUT2D eigenvalue weighted by atomic mass is 9.99. The molecule has 180 valence electrons. The van der Waals surface area contributed by atoms with E-state index in [0.717, 1.165) is 29.0 Å². The van der Waals surface area contributed by atoms with E-state index in [0.29, 0.717) is 37.7 Å². The highest BCUT2D eigenvalue weighted by Crippen LogP contribution is 2.34. The third kappa shape index (κ3) is 4.65. The van der Waals surface area contributed by atoms with Gasteiger partial charge < -0.3 is 14.2 Å². The number of fused-ring (bicyclic) bond motifs is 1. The Kier molecular flexibility index (Phi) is 6.53. The molecule has 1 aromatic heterocycles. The number of anilines is 1. The maximum absolute atomic E-state index is 14.4. The Morgan fingerprint density at radius 1 is 1.06 bits per heavy atom. The van der Waals surface area contributed by atoms with Gasteiger partial charge >= 0.3 is 0 Å². The third-order valence-electron chi connectivity index (χ3n) is 6.96. The van der Waals surface area contributed by atoms with Crippen molar-refractivity contribution in [1.82, 2.24) is 9.55 Å². The van der Waals surface area contributed by atoms with E-state index in [1.807, 2.05) is 36.4 Å². The van der Waals surface area contributed by atoms with Crippen LogP contribution in [0.4, 0.5) is 10.1 Å². The highest BCUT2D eigenvalue weighted by molar-refractivity contribution is 5.96. The zero-order chi connectivity index (χ0) is 24.4. The van der Waals surface area contributed by atoms with Crippen LogP contribution in [0.3, 0.4) is 0 Å². The summed E-state index contributed by atoms with van der Waals surface area (Å²) in [4.78, 5) is 19.3. The first-order chi connectivity index (χ1) is 17.0. The van der Waals surface area contributed by atoms with Gasteiger partial charge in [0.15, 0.2) is 0 Å². The van der Waals surface area contributed by atoms with E-state index in [9.17, 15) is 9.18 Å². The van der Waals surface area contributed by atoms with Gasteiger partial charge in [-0.05, 0) is 54.3 Å². The van der Waals surface area contributed by atoms with Crippen LogP contribution in [0.5, 0.6) is 5.75 Å². The van der Waals surface area contributed by atoms with Crippen molar-refractivity contribution in [3.8, 4) is 5.75 Å². The number of aromatic nitrogens is 2. The summed E-state index contributed by atoms with van der Waals surface area (Å²) in [6.07, 6.45) is 1.41. The predicted octanol–water partition coefficient (Wildman–Crippen LogP) is 6.29. The van der Waals surface area contributed by atoms with Gasteiger partial charge in [-0.1, -0.05) is 50.2 Å². The third-order valence-corrected chi connectivity index (χ3v) is 6.96. The lowest BCUT2D eigenvalue weighted by Crippen LogP contribution is -2.25. The number of rotatable bonds is 8. The molecule has 5 nitrogen and oxygen atoms in total. The van der Waals surface area contributed by atoms with E-state index in [4.69, 9.17) is 9.72 Å². The van der Waals surface area contributed by atoms with E-state index in [1.165, 1.54) is 11.6 Å². The van der Waals surface area contributed by atoms with Crippen molar-refractivity contribution in [3.63, 3.8) is 0 Å². The topological polar surface area (TPSA) is 47.4 Å². The molecule has 1 saturated heterocycles. The lowest BCUT2D eigenvalue weighted by molar-refractivity contribution is -0.117. The van der Waals surface area contributed by atoms with E-state index in [1.54, 1.807) is 23.1 Å². The Bertz CT molecular complexity index is 1330. The molecule has 0 bridgehead atoms. The predicted molar refractivity (Wildman–Crippen MR) is 136 cm³/mol. The molecule has 1 fully saturated rings. The zero-order valence-electron chi connectivity index (χ0n) is 20.2. The van der Waals surface area contributed by atoms with E-state index >= 15 is 0 Å². The SMILES string of the molecule is CCC(C)c1ccc(OCCn2c(C3CC(=O)N(c4ccccc4F)C3)nc3ccccc32)cc1. The van der Waals surface area contributed by atoms with Gasteiger partial charge in [-0.2, -0.15) is 0 Å². The number of benzene rings is 3. The smallest absolute Gasteiger partial charge is 0.227 e. The van der Waals surface area contributed by atoms with Gasteiger partial charge in [0.25, 0.3) is 0 Å². The summed E-state index contributed by atoms with van der Waals surface area (Å²) in [6.45, 7) is 5.90. The van der Waals surface area contributed by atoms with Gasteiger partial charge in [-0.25, -0.2) is 9.37 Å². The second kappa shape index (κ2) is 9.90. The summed E-state index contributed by atoms with van der Waals surface area (Å²) in [7, 11) is 0. The molecule has 1 amide bonds. The number of imidazole rings is 1. The molecule has 2 unspecified atom stereocenters. The first-order valence-corrected chi connectivity index (χ1v) is 12.3. The number of amides is 1. The standard InChI is InChI=1S/C29H30FN3O2/c1-3-20(2)21-12-14-23(15-13-21)35-17-16-32-27-11-7-5-9-25(27)31-29(32)22-18-28(34)33(19-22)26-10-6-4-8-24(26)30/h4-15,20,22H,3,16-19H2,1-2H3. The van der Waals surface area contributed by atoms with Crippen molar-refractivity contribution >= 4 is 22.6 Å². The molecular formula is C29H30FN3O2. The molecule has 0 N–H and O–H groups in total. The van der Waals surface area contributed by atoms with E-state index in [-0.39, 0.29) is 17.6 Å². The Morgan fingerprint density at radius 2 is 1.80 bits per heavy atom. The van der Waals surface area contributed by atoms with Crippen molar-refractivity contribution in [2.75, 3.05) is 18.1 Å². The van der Waals surface area contributed by atoms with Crippen LogP contribution in [-0.2, 0) is 11.3 Å². The first kappa shape index (κ1) is 23.1. The van der Waals surface area contributed by atoms with Crippen LogP contribution in [-0.4, -0.2) is 28.6 Å². The van der Waals surface area contributed by atoms with Crippen molar-refractivity contribution in [2.45, 2.75) is 45.1 Å². The van der Waals surface area contributed by atoms with E-state index < -0.39 is 0 Å². The molecule has 6 heteroatoms. The normalized spacial score (nSPS) is 16.7. The van der Waals surface area contributed by atoms with Crippen LogP contribution in [0.15, 0.2) is 72.8 Å². The summed E-state index contributed by atoms with van der Waals surface area (Å²) >= 11 is 0. The number of ether oxygens (including phenoxy) is 1. The number of nitrogens with zero attached hydrogens (tertiary/aromatic N) is 3. The average molecular weight is 472 g/mol. The summed E-state index contributed by atoms with van der Waals surface area (Å²) < 4.78 is 22.6. The molecule has 2 heterocycles. The number of halogens is 1. The monoisotopic (exact) mass is 471 g/mol. The largest absolute Gasteiger partial charge is 0.492 e. The van der Waals surface area contributed by atoms with Gasteiger partial charge in [0.05, 0.1) is 23.3 Å². The fraction of sp³-hybridized carbons (Fsp3) is 0.310. The van der Waals surface area contributed by atoms with Gasteiger partial charge in [0.2, 0.25) is 5.91 Å². The summed E-state index contributed by atoms with van der Waals surface area (Å²) in [6, 6.07) is 22.7. The van der Waals surface area contributed by atoms with Crippen LogP contribution in [0, 0.1) is 5.82 Å². The highest BCUT2D eigenvalue weighted by atomic mass is 19.1. The molecule has 0 spiro atoms. The minimum Gasteiger partial charge on any atom is -0.492 e. The molecule has 0 radical (unpaired) electrons. The number of carbonyl (C=O) groups excluding carboxylic acids is 1. The molecule has 5 rings (SSSR count). The first-order valence-electron chi connectivity index (χ1n) is 12.3. The van der Waals surface area contributed by atoms with Gasteiger partial charge in [-0.3, -0.25) is 4.79 Å². The Labute approximate surface area is 205 Å². The number of para-hydroxylation sites is 3. The van der Waals surface area contributed by atoms with Crippen LogP contribution >= 0.6 is 0 Å². The summed E-state index contributed by atoms with van der Waals surface area (Å²) in [5, 5.41) is 0. The van der Waals surface area contributed by atoms with Crippen molar-refractivity contribution in [2.24, 2.45) is 0 Å². The fourth-order valence-electron chi connectivity index (χ4n) is 4.81. The van der Waals surface area contributed by atoms with Gasteiger partial charge in [0.1, 0.15) is 24.0 Å². The molecule has 1 aliphatic heterocycles. The molecule has 3 aromatic carbocycles. The number of carbonyl (C=O) groups is 1. The molecule has 0 aliphatic carbocycles. The summed E-state index contributed by atoms with van der Waals surface area (Å²) in [5.41, 5.74) is 3.53. The van der Waals surface area contributed by atoms with Crippen LogP contribution < -0.4 is 9.64 Å². The van der Waals surface area contributed by atoms with Crippen molar-refractivity contribution in [3.05, 3.63) is 90.0 Å². The zero-order valence-corrected chi connectivity index (χ0v) is 20.2. The van der Waals surface area contributed by atoms with Crippen LogP contribution in [0.1, 0.15) is 49.9 Å². The Balaban J connectivity index is 1.35. The lowest BCUT2D eigenvalue weighted by Gasteiger charge is -2.18. The molecule has 2 atom stereocenters. The van der Waals surface area contributed by atoms with Crippen molar-refractivity contribution < 1.29 is 13.9 Å². The summed E-state index contributed by atoms with van der Waals surface area (Å²) in [5.74, 6) is 1.62. The minimum absolute atomic E-state index is 0.0867. The van der Waals surface area contributed by atoms with E-state index in [2.05, 4.69) is 30.5 Å². The number of hydrogen-bond acceptors (Lipinski definition) is 3. The second-order valence-corrected chi connectivity index (χ2v) is 9.19. The van der Waals surface area contributed by atoms with Crippen LogP contribution in [0.2, 0.25) is 0 Å². The molecule has 4 aromatic rings. The minimum atomic E-state index is -0.386. The maximum Gasteiger partial charge on any atom is 0.227 e. The Morgan fingerprint density at radius 3 is 2.57 bits per heavy atom. The quantitative estimate of drug-likeness (QED) is 0.303. The maximum atomic E-state index is 14.4. The molecule has 1 aliphatic rings. The molecule has 0 saturated carbocycles. The fourth-order valence-corrected chi connectivity index (χ4v) is 4.81. The Hall–Kier alpha value is -3.67. The average Bonchev–Trinajstić information content (AvgIpc) is 3.45. The molecule has 35 heavy (non-hydrogen) atoms.